The van der Waals surface area contributed by atoms with Gasteiger partial charge in [0, 0.05) is 26.2 Å². The highest BCUT2D eigenvalue weighted by Crippen LogP contribution is 2.30. The van der Waals surface area contributed by atoms with Gasteiger partial charge >= 0.3 is 0 Å². The number of guanidine groups is 1. The van der Waals surface area contributed by atoms with Crippen LogP contribution in [0.25, 0.3) is 0 Å². The van der Waals surface area contributed by atoms with E-state index in [-0.39, 0.29) is 24.0 Å². The van der Waals surface area contributed by atoms with Crippen LogP contribution in [0.4, 0.5) is 0 Å². The molecule has 4 nitrogen and oxygen atoms in total. The first-order valence-electron chi connectivity index (χ1n) is 8.97. The van der Waals surface area contributed by atoms with Crippen molar-refractivity contribution in [3.05, 3.63) is 0 Å². The maximum Gasteiger partial charge on any atom is 0.191 e. The lowest BCUT2D eigenvalue weighted by atomic mass is 9.98. The Kier molecular flexibility index (Phi) is 10.4. The summed E-state index contributed by atoms with van der Waals surface area (Å²) in [5.74, 6) is 1.50. The summed E-state index contributed by atoms with van der Waals surface area (Å²) in [5.41, 5.74) is 6.17. The van der Waals surface area contributed by atoms with Crippen molar-refractivity contribution >= 4 is 29.9 Å². The first-order valence-corrected chi connectivity index (χ1v) is 8.97. The van der Waals surface area contributed by atoms with Crippen LogP contribution in [-0.4, -0.2) is 43.2 Å². The molecular weight excluding hydrogens is 389 g/mol. The van der Waals surface area contributed by atoms with Gasteiger partial charge in [0.2, 0.25) is 0 Å². The van der Waals surface area contributed by atoms with Crippen molar-refractivity contribution in [3.8, 4) is 0 Å². The monoisotopic (exact) mass is 423 g/mol. The predicted octanol–water partition coefficient (Wildman–Crippen LogP) is 3.78. The molecule has 130 valence electrons. The molecule has 0 spiro atoms. The van der Waals surface area contributed by atoms with E-state index in [1.807, 2.05) is 0 Å². The number of rotatable bonds is 6. The minimum Gasteiger partial charge on any atom is -0.378 e. The fourth-order valence-electron chi connectivity index (χ4n) is 3.70. The van der Waals surface area contributed by atoms with Gasteiger partial charge in [-0.25, -0.2) is 0 Å². The summed E-state index contributed by atoms with van der Waals surface area (Å²) < 4.78 is 5.95. The molecular formula is C17H34IN3O. The SMILES string of the molecule is CCOC(CCN=C(N)N1CCCCCC1)C1CCCC1.I. The molecule has 1 aliphatic carbocycles. The number of aliphatic imine (C=N–C) groups is 1. The molecule has 0 amide bonds. The molecule has 2 N–H and O–H groups in total. The molecule has 1 saturated carbocycles. The van der Waals surface area contributed by atoms with E-state index in [2.05, 4.69) is 16.8 Å². The zero-order valence-electron chi connectivity index (χ0n) is 14.1. The Hall–Kier alpha value is -0.0400. The fourth-order valence-corrected chi connectivity index (χ4v) is 3.70. The van der Waals surface area contributed by atoms with Crippen molar-refractivity contribution in [2.75, 3.05) is 26.2 Å². The number of nitrogens with zero attached hydrogens (tertiary/aromatic N) is 2. The summed E-state index contributed by atoms with van der Waals surface area (Å²) in [7, 11) is 0. The zero-order valence-corrected chi connectivity index (χ0v) is 16.5. The number of hydrogen-bond donors (Lipinski definition) is 1. The predicted molar refractivity (Wildman–Crippen MR) is 104 cm³/mol. The molecule has 1 heterocycles. The van der Waals surface area contributed by atoms with E-state index in [0.717, 1.165) is 44.5 Å². The molecule has 2 fully saturated rings. The van der Waals surface area contributed by atoms with Gasteiger partial charge in [0.15, 0.2) is 5.96 Å². The summed E-state index contributed by atoms with van der Waals surface area (Å²) in [6.07, 6.45) is 12.0. The first-order chi connectivity index (χ1) is 10.3. The molecule has 0 radical (unpaired) electrons. The topological polar surface area (TPSA) is 50.9 Å². The van der Waals surface area contributed by atoms with Crippen LogP contribution in [0.1, 0.15) is 64.7 Å². The first kappa shape index (κ1) is 20.0. The van der Waals surface area contributed by atoms with E-state index in [9.17, 15) is 0 Å². The van der Waals surface area contributed by atoms with E-state index >= 15 is 0 Å². The highest BCUT2D eigenvalue weighted by molar-refractivity contribution is 14.0. The van der Waals surface area contributed by atoms with Crippen LogP contribution >= 0.6 is 24.0 Å². The van der Waals surface area contributed by atoms with Crippen LogP contribution in [0.3, 0.4) is 0 Å². The van der Waals surface area contributed by atoms with Crippen LogP contribution in [0, 0.1) is 5.92 Å². The van der Waals surface area contributed by atoms with Crippen molar-refractivity contribution in [2.24, 2.45) is 16.6 Å². The molecule has 2 rings (SSSR count). The lowest BCUT2D eigenvalue weighted by molar-refractivity contribution is 0.0177. The minimum atomic E-state index is 0. The van der Waals surface area contributed by atoms with Gasteiger partial charge < -0.3 is 15.4 Å². The summed E-state index contributed by atoms with van der Waals surface area (Å²) in [5, 5.41) is 0. The minimum absolute atomic E-state index is 0. The fraction of sp³-hybridized carbons (Fsp3) is 0.941. The molecule has 0 aromatic heterocycles. The van der Waals surface area contributed by atoms with E-state index < -0.39 is 0 Å². The van der Waals surface area contributed by atoms with Crippen LogP contribution < -0.4 is 5.73 Å². The number of halogens is 1. The third kappa shape index (κ3) is 6.60. The molecule has 1 atom stereocenters. The van der Waals surface area contributed by atoms with Crippen molar-refractivity contribution in [2.45, 2.75) is 70.8 Å². The van der Waals surface area contributed by atoms with Gasteiger partial charge in [-0.15, -0.1) is 24.0 Å². The zero-order chi connectivity index (χ0) is 14.9. The summed E-state index contributed by atoms with van der Waals surface area (Å²) >= 11 is 0. The Morgan fingerprint density at radius 1 is 1.14 bits per heavy atom. The highest BCUT2D eigenvalue weighted by atomic mass is 127. The second-order valence-corrected chi connectivity index (χ2v) is 6.47. The van der Waals surface area contributed by atoms with E-state index in [1.54, 1.807) is 0 Å². The molecule has 22 heavy (non-hydrogen) atoms. The van der Waals surface area contributed by atoms with Crippen molar-refractivity contribution in [1.82, 2.24) is 4.90 Å². The molecule has 0 aromatic rings. The lowest BCUT2D eigenvalue weighted by Crippen LogP contribution is -2.38. The molecule has 0 aromatic carbocycles. The number of likely N-dealkylation sites (tertiary alicyclic amines) is 1. The smallest absolute Gasteiger partial charge is 0.191 e. The lowest BCUT2D eigenvalue weighted by Gasteiger charge is -2.24. The molecule has 1 aliphatic heterocycles. The van der Waals surface area contributed by atoms with E-state index in [1.165, 1.54) is 51.4 Å². The average molecular weight is 423 g/mol. The normalized spacial score (nSPS) is 22.2. The molecule has 1 unspecified atom stereocenters. The van der Waals surface area contributed by atoms with Crippen LogP contribution in [0.5, 0.6) is 0 Å². The Bertz CT molecular complexity index is 311. The molecule has 2 aliphatic rings. The van der Waals surface area contributed by atoms with E-state index in [0.29, 0.717) is 6.10 Å². The Morgan fingerprint density at radius 3 is 2.36 bits per heavy atom. The Balaban J connectivity index is 0.00000242. The van der Waals surface area contributed by atoms with E-state index in [4.69, 9.17) is 10.5 Å². The summed E-state index contributed by atoms with van der Waals surface area (Å²) in [4.78, 5) is 6.89. The highest BCUT2D eigenvalue weighted by Gasteiger charge is 2.25. The second-order valence-electron chi connectivity index (χ2n) is 6.47. The van der Waals surface area contributed by atoms with Crippen molar-refractivity contribution < 1.29 is 4.74 Å². The number of nitrogens with two attached hydrogens (primary N) is 1. The van der Waals surface area contributed by atoms with Gasteiger partial charge in [0.25, 0.3) is 0 Å². The quantitative estimate of drug-likeness (QED) is 0.402. The number of hydrogen-bond acceptors (Lipinski definition) is 2. The standard InChI is InChI=1S/C17H33N3O.HI/c1-2-21-16(15-9-5-6-10-15)11-12-19-17(18)20-13-7-3-4-8-14-20;/h15-16H,2-14H2,1H3,(H2,18,19);1H. The molecule has 0 bridgehead atoms. The van der Waals surface area contributed by atoms with Gasteiger partial charge in [-0.2, -0.15) is 0 Å². The van der Waals surface area contributed by atoms with Crippen LogP contribution in [0.2, 0.25) is 0 Å². The largest absolute Gasteiger partial charge is 0.378 e. The maximum atomic E-state index is 6.17. The Morgan fingerprint density at radius 2 is 1.77 bits per heavy atom. The third-order valence-electron chi connectivity index (χ3n) is 4.92. The molecule has 5 heteroatoms. The van der Waals surface area contributed by atoms with Crippen LogP contribution in [0.15, 0.2) is 4.99 Å². The maximum absolute atomic E-state index is 6.17. The van der Waals surface area contributed by atoms with Crippen molar-refractivity contribution in [3.63, 3.8) is 0 Å². The van der Waals surface area contributed by atoms with Gasteiger partial charge in [0.1, 0.15) is 0 Å². The summed E-state index contributed by atoms with van der Waals surface area (Å²) in [6, 6.07) is 0. The molecule has 1 saturated heterocycles. The Labute approximate surface area is 153 Å². The van der Waals surface area contributed by atoms with Gasteiger partial charge in [0.05, 0.1) is 6.10 Å². The summed E-state index contributed by atoms with van der Waals surface area (Å²) in [6.45, 7) is 5.87. The van der Waals surface area contributed by atoms with Gasteiger partial charge in [-0.1, -0.05) is 25.7 Å². The second kappa shape index (κ2) is 11.5. The van der Waals surface area contributed by atoms with Crippen molar-refractivity contribution in [1.29, 1.82) is 0 Å². The van der Waals surface area contributed by atoms with Gasteiger partial charge in [-0.3, -0.25) is 4.99 Å². The average Bonchev–Trinajstić information content (AvgIpc) is 2.88. The van der Waals surface area contributed by atoms with Crippen LogP contribution in [-0.2, 0) is 4.74 Å². The number of ether oxygens (including phenoxy) is 1. The third-order valence-corrected chi connectivity index (χ3v) is 4.92. The van der Waals surface area contributed by atoms with Gasteiger partial charge in [-0.05, 0) is 44.9 Å².